The van der Waals surface area contributed by atoms with E-state index in [-0.39, 0.29) is 12.8 Å². The van der Waals surface area contributed by atoms with Crippen LogP contribution in [0.4, 0.5) is 0 Å². The van der Waals surface area contributed by atoms with Gasteiger partial charge in [0.05, 0.1) is 13.2 Å². The number of aliphatic carboxylic acids is 1. The van der Waals surface area contributed by atoms with E-state index in [2.05, 4.69) is 16.8 Å². The molecule has 0 rings (SSSR count). The van der Waals surface area contributed by atoms with Crippen LogP contribution >= 0.6 is 7.82 Å². The maximum atomic E-state index is 12.2. The van der Waals surface area contributed by atoms with Gasteiger partial charge >= 0.3 is 19.8 Å². The zero-order valence-corrected chi connectivity index (χ0v) is 29.8. The number of carboxylic acids is 1. The van der Waals surface area contributed by atoms with Crippen LogP contribution in [0.5, 0.6) is 0 Å². The minimum absolute atomic E-state index is 0.152. The van der Waals surface area contributed by atoms with E-state index in [1.807, 2.05) is 0 Å². The second-order valence-electron chi connectivity index (χ2n) is 12.4. The highest BCUT2D eigenvalue weighted by Crippen LogP contribution is 2.43. The topological polar surface area (TPSA) is 169 Å². The van der Waals surface area contributed by atoms with Crippen LogP contribution in [0.15, 0.2) is 0 Å². The predicted molar refractivity (Wildman–Crippen MR) is 180 cm³/mol. The summed E-state index contributed by atoms with van der Waals surface area (Å²) in [7, 11) is -4.72. The smallest absolute Gasteiger partial charge is 0.472 e. The molecule has 0 aliphatic carbocycles. The molecule has 1 amide bonds. The number of rotatable bonds is 34. The maximum absolute atomic E-state index is 12.2. The van der Waals surface area contributed by atoms with Crippen LogP contribution in [0.25, 0.3) is 0 Å². The Balaban J connectivity index is 3.75. The number of carbonyl (C=O) groups is 3. The fourth-order valence-electron chi connectivity index (χ4n) is 5.06. The molecule has 0 aromatic heterocycles. The lowest BCUT2D eigenvalue weighted by Gasteiger charge is -2.18. The Labute approximate surface area is 278 Å². The number of amides is 1. The number of phosphoric ester groups is 1. The SMILES string of the molecule is CCCCCCCCCCCCCCCCCCCCCCCC(=O)NC(COP(=O)(O)OCC(O)COC(=O)CCC)C(=O)O. The monoisotopic (exact) mass is 679 g/mol. The molecular formula is C34H66NO10P. The first-order valence-corrected chi connectivity index (χ1v) is 19.6. The molecule has 0 aromatic rings. The van der Waals surface area contributed by atoms with Gasteiger partial charge in [0, 0.05) is 12.8 Å². The predicted octanol–water partition coefficient (Wildman–Crippen LogP) is 8.00. The number of hydrogen-bond donors (Lipinski definition) is 4. The molecule has 12 heteroatoms. The minimum Gasteiger partial charge on any atom is -0.480 e. The van der Waals surface area contributed by atoms with Gasteiger partial charge in [-0.15, -0.1) is 0 Å². The Morgan fingerprint density at radius 3 is 1.43 bits per heavy atom. The highest BCUT2D eigenvalue weighted by molar-refractivity contribution is 7.47. The third kappa shape index (κ3) is 29.9. The number of carbonyl (C=O) groups excluding carboxylic acids is 2. The Morgan fingerprint density at radius 2 is 1.02 bits per heavy atom. The van der Waals surface area contributed by atoms with Crippen LogP contribution in [0, 0.1) is 0 Å². The number of nitrogens with one attached hydrogen (secondary N) is 1. The second kappa shape index (κ2) is 30.8. The number of aliphatic hydroxyl groups is 1. The van der Waals surface area contributed by atoms with Crippen molar-refractivity contribution >= 4 is 25.7 Å². The maximum Gasteiger partial charge on any atom is 0.472 e. The fourth-order valence-corrected chi connectivity index (χ4v) is 5.83. The van der Waals surface area contributed by atoms with Gasteiger partial charge in [-0.3, -0.25) is 18.6 Å². The first-order chi connectivity index (χ1) is 22.1. The molecular weight excluding hydrogens is 613 g/mol. The van der Waals surface area contributed by atoms with Crippen molar-refractivity contribution in [3.63, 3.8) is 0 Å². The summed E-state index contributed by atoms with van der Waals surface area (Å²) in [5.41, 5.74) is 0. The van der Waals surface area contributed by atoms with Gasteiger partial charge in [-0.1, -0.05) is 142 Å². The summed E-state index contributed by atoms with van der Waals surface area (Å²) in [6.07, 6.45) is 26.2. The van der Waals surface area contributed by atoms with E-state index in [4.69, 9.17) is 9.26 Å². The summed E-state index contributed by atoms with van der Waals surface area (Å²) in [5, 5.41) is 21.4. The number of carboxylic acid groups (broad SMARTS) is 1. The van der Waals surface area contributed by atoms with Crippen LogP contribution in [-0.2, 0) is 32.7 Å². The molecule has 0 aliphatic heterocycles. The van der Waals surface area contributed by atoms with Crippen molar-refractivity contribution in [1.82, 2.24) is 5.32 Å². The fraction of sp³-hybridized carbons (Fsp3) is 0.912. The van der Waals surface area contributed by atoms with Crippen molar-refractivity contribution in [2.24, 2.45) is 0 Å². The van der Waals surface area contributed by atoms with E-state index >= 15 is 0 Å². The van der Waals surface area contributed by atoms with Gasteiger partial charge in [0.2, 0.25) is 5.91 Å². The van der Waals surface area contributed by atoms with Gasteiger partial charge in [0.15, 0.2) is 6.04 Å². The largest absolute Gasteiger partial charge is 0.480 e. The summed E-state index contributed by atoms with van der Waals surface area (Å²) in [6, 6.07) is -1.54. The highest BCUT2D eigenvalue weighted by atomic mass is 31.2. The molecule has 0 saturated heterocycles. The Hall–Kier alpha value is -1.52. The molecule has 272 valence electrons. The zero-order valence-electron chi connectivity index (χ0n) is 28.9. The molecule has 4 N–H and O–H groups in total. The molecule has 0 fully saturated rings. The molecule has 46 heavy (non-hydrogen) atoms. The van der Waals surface area contributed by atoms with Crippen LogP contribution in [0.2, 0.25) is 0 Å². The van der Waals surface area contributed by atoms with Crippen molar-refractivity contribution in [2.75, 3.05) is 19.8 Å². The van der Waals surface area contributed by atoms with Crippen LogP contribution < -0.4 is 5.32 Å². The van der Waals surface area contributed by atoms with Crippen molar-refractivity contribution in [3.8, 4) is 0 Å². The van der Waals surface area contributed by atoms with Gasteiger partial charge in [-0.05, 0) is 12.8 Å². The van der Waals surface area contributed by atoms with E-state index in [9.17, 15) is 34.1 Å². The summed E-state index contributed by atoms with van der Waals surface area (Å²) in [4.78, 5) is 44.8. The third-order valence-corrected chi connectivity index (χ3v) is 8.82. The average molecular weight is 680 g/mol. The molecule has 0 radical (unpaired) electrons. The molecule has 11 nitrogen and oxygen atoms in total. The van der Waals surface area contributed by atoms with Crippen molar-refractivity contribution in [1.29, 1.82) is 0 Å². The number of aliphatic hydroxyl groups excluding tert-OH is 1. The Bertz CT molecular complexity index is 813. The van der Waals surface area contributed by atoms with Crippen LogP contribution in [0.1, 0.15) is 168 Å². The molecule has 0 aromatic carbocycles. The van der Waals surface area contributed by atoms with Crippen molar-refractivity contribution in [3.05, 3.63) is 0 Å². The Kier molecular flexibility index (Phi) is 29.8. The third-order valence-electron chi connectivity index (χ3n) is 7.87. The normalized spacial score (nSPS) is 14.0. The molecule has 3 atom stereocenters. The minimum atomic E-state index is -4.72. The molecule has 3 unspecified atom stereocenters. The van der Waals surface area contributed by atoms with Crippen molar-refractivity contribution in [2.45, 2.75) is 180 Å². The number of esters is 1. The van der Waals surface area contributed by atoms with Crippen LogP contribution in [-0.4, -0.2) is 64.9 Å². The summed E-state index contributed by atoms with van der Waals surface area (Å²) in [6.45, 7) is 2.16. The second-order valence-corrected chi connectivity index (χ2v) is 13.9. The number of phosphoric acid groups is 1. The van der Waals surface area contributed by atoms with E-state index in [1.165, 1.54) is 109 Å². The molecule has 0 bridgehead atoms. The standard InChI is InChI=1S/C34H66NO10P/c1-3-5-6-7-8-9-10-11-12-13-14-15-16-17-18-19-20-21-22-23-24-26-32(37)35-31(34(39)40)29-45-46(41,42)44-28-30(36)27-43-33(38)25-4-2/h30-31,36H,3-29H2,1-2H3,(H,35,37)(H,39,40)(H,41,42). The lowest BCUT2D eigenvalue weighted by Crippen LogP contribution is -2.43. The molecule has 0 spiro atoms. The summed E-state index contributed by atoms with van der Waals surface area (Å²) >= 11 is 0. The van der Waals surface area contributed by atoms with Gasteiger partial charge in [0.1, 0.15) is 12.7 Å². The summed E-state index contributed by atoms with van der Waals surface area (Å²) < 4.78 is 26.1. The van der Waals surface area contributed by atoms with Gasteiger partial charge in [-0.25, -0.2) is 9.36 Å². The lowest BCUT2D eigenvalue weighted by atomic mass is 10.0. The van der Waals surface area contributed by atoms with Gasteiger partial charge in [0.25, 0.3) is 0 Å². The zero-order chi connectivity index (χ0) is 34.3. The first kappa shape index (κ1) is 44.5. The van der Waals surface area contributed by atoms with E-state index in [0.29, 0.717) is 12.8 Å². The van der Waals surface area contributed by atoms with Crippen LogP contribution in [0.3, 0.4) is 0 Å². The van der Waals surface area contributed by atoms with E-state index in [1.54, 1.807) is 6.92 Å². The number of ether oxygens (including phenoxy) is 1. The average Bonchev–Trinajstić information content (AvgIpc) is 3.01. The lowest BCUT2D eigenvalue weighted by molar-refractivity contribution is -0.147. The quantitative estimate of drug-likeness (QED) is 0.0297. The Morgan fingerprint density at radius 1 is 0.609 bits per heavy atom. The molecule has 0 saturated carbocycles. The van der Waals surface area contributed by atoms with E-state index in [0.717, 1.165) is 19.3 Å². The first-order valence-electron chi connectivity index (χ1n) is 18.1. The number of unbranched alkanes of at least 4 members (excludes halogenated alkanes) is 20. The molecule has 0 heterocycles. The van der Waals surface area contributed by atoms with E-state index < -0.39 is 57.6 Å². The van der Waals surface area contributed by atoms with Gasteiger partial charge < -0.3 is 25.2 Å². The highest BCUT2D eigenvalue weighted by Gasteiger charge is 2.28. The number of hydrogen-bond acceptors (Lipinski definition) is 8. The molecule has 0 aliphatic rings. The van der Waals surface area contributed by atoms with Crippen molar-refractivity contribution < 1.29 is 47.8 Å². The summed E-state index contributed by atoms with van der Waals surface area (Å²) in [5.74, 6) is -2.42. The van der Waals surface area contributed by atoms with Gasteiger partial charge in [-0.2, -0.15) is 0 Å².